The number of benzene rings is 4. The highest BCUT2D eigenvalue weighted by Gasteiger charge is 2.36. The van der Waals surface area contributed by atoms with Crippen molar-refractivity contribution >= 4 is 55.1 Å². The second-order valence-corrected chi connectivity index (χ2v) is 15.1. The summed E-state index contributed by atoms with van der Waals surface area (Å²) in [7, 11) is -4.19. The Bertz CT molecular complexity index is 1730. The predicted molar refractivity (Wildman–Crippen MR) is 184 cm³/mol. The Labute approximate surface area is 279 Å². The molecule has 0 saturated heterocycles. The molecule has 0 radical (unpaired) electrons. The van der Waals surface area contributed by atoms with Crippen LogP contribution in [-0.2, 0) is 32.6 Å². The Morgan fingerprint density at radius 3 is 2.04 bits per heavy atom. The van der Waals surface area contributed by atoms with Gasteiger partial charge in [0.1, 0.15) is 12.6 Å². The van der Waals surface area contributed by atoms with E-state index in [1.807, 2.05) is 75.4 Å². The zero-order chi connectivity index (χ0) is 32.8. The Hall–Kier alpha value is -3.66. The Morgan fingerprint density at radius 2 is 1.47 bits per heavy atom. The first-order valence-electron chi connectivity index (χ1n) is 14.5. The van der Waals surface area contributed by atoms with Gasteiger partial charge in [-0.1, -0.05) is 88.2 Å². The summed E-state index contributed by atoms with van der Waals surface area (Å²) in [5, 5.41) is 3.48. The van der Waals surface area contributed by atoms with Crippen molar-refractivity contribution in [1.82, 2.24) is 10.2 Å². The third kappa shape index (κ3) is 9.19. The molecule has 0 aromatic heterocycles. The average Bonchev–Trinajstić information content (AvgIpc) is 2.99. The second kappa shape index (κ2) is 14.6. The van der Waals surface area contributed by atoms with E-state index in [9.17, 15) is 18.0 Å². The Kier molecular flexibility index (Phi) is 11.1. The maximum absolute atomic E-state index is 14.6. The molecule has 2 amide bonds. The summed E-state index contributed by atoms with van der Waals surface area (Å²) in [4.78, 5) is 30.0. The van der Waals surface area contributed by atoms with Crippen LogP contribution in [0.3, 0.4) is 0 Å². The van der Waals surface area contributed by atoms with Gasteiger partial charge < -0.3 is 10.2 Å². The molecule has 4 aromatic rings. The smallest absolute Gasteiger partial charge is 0.264 e. The molecular weight excluding hydrogens is 674 g/mol. The van der Waals surface area contributed by atoms with Gasteiger partial charge in [-0.25, -0.2) is 8.42 Å². The third-order valence-corrected chi connectivity index (χ3v) is 9.61. The highest BCUT2D eigenvalue weighted by Crippen LogP contribution is 2.30. The third-order valence-electron chi connectivity index (χ3n) is 7.07. The van der Waals surface area contributed by atoms with E-state index in [2.05, 4.69) is 21.2 Å². The van der Waals surface area contributed by atoms with E-state index in [0.717, 1.165) is 19.9 Å². The fourth-order valence-corrected chi connectivity index (χ4v) is 6.92. The lowest BCUT2D eigenvalue weighted by Crippen LogP contribution is -2.56. The van der Waals surface area contributed by atoms with Gasteiger partial charge in [0.15, 0.2) is 0 Å². The van der Waals surface area contributed by atoms with Crippen LogP contribution in [0, 0.1) is 6.92 Å². The number of anilines is 1. The molecule has 7 nitrogen and oxygen atoms in total. The van der Waals surface area contributed by atoms with Crippen molar-refractivity contribution < 1.29 is 18.0 Å². The molecule has 0 saturated carbocycles. The minimum atomic E-state index is -4.19. The number of hydrogen-bond donors (Lipinski definition) is 1. The van der Waals surface area contributed by atoms with Crippen LogP contribution in [0.1, 0.15) is 37.5 Å². The van der Waals surface area contributed by atoms with E-state index < -0.39 is 34.1 Å². The molecule has 1 atom stereocenters. The van der Waals surface area contributed by atoms with Gasteiger partial charge in [-0.3, -0.25) is 13.9 Å². The number of carbonyl (C=O) groups is 2. The van der Waals surface area contributed by atoms with Gasteiger partial charge in [-0.15, -0.1) is 0 Å². The quantitative estimate of drug-likeness (QED) is 0.179. The number of nitrogens with zero attached hydrogens (tertiary/aromatic N) is 2. The topological polar surface area (TPSA) is 86.8 Å². The van der Waals surface area contributed by atoms with E-state index >= 15 is 0 Å². The standard InChI is InChI=1S/C35H37BrClN3O4S/c1-25-21-29(37)19-20-31(25)40(45(43,44)30-13-9-6-10-14-30)24-33(41)39(23-27-15-17-28(36)18-16-27)32(34(42)38-35(2,3)4)22-26-11-7-5-8-12-26/h5-21,32H,22-24H2,1-4H3,(H,38,42)/t32-/m0/s1. The fourth-order valence-electron chi connectivity index (χ4n) is 4.93. The number of sulfonamides is 1. The Morgan fingerprint density at radius 1 is 0.867 bits per heavy atom. The van der Waals surface area contributed by atoms with Crippen molar-refractivity contribution in [1.29, 1.82) is 0 Å². The fraction of sp³-hybridized carbons (Fsp3) is 0.257. The molecule has 236 valence electrons. The molecule has 0 heterocycles. The molecule has 10 heteroatoms. The van der Waals surface area contributed by atoms with E-state index in [1.165, 1.54) is 17.0 Å². The largest absolute Gasteiger partial charge is 0.350 e. The van der Waals surface area contributed by atoms with Gasteiger partial charge in [-0.2, -0.15) is 0 Å². The molecule has 4 rings (SSSR count). The SMILES string of the molecule is Cc1cc(Cl)ccc1N(CC(=O)N(Cc1ccc(Br)cc1)[C@@H](Cc1ccccc1)C(=O)NC(C)(C)C)S(=O)(=O)c1ccccc1. The first-order valence-corrected chi connectivity index (χ1v) is 17.1. The van der Waals surface area contributed by atoms with E-state index in [4.69, 9.17) is 11.6 Å². The summed E-state index contributed by atoms with van der Waals surface area (Å²) in [5.41, 5.74) is 1.98. The van der Waals surface area contributed by atoms with Crippen molar-refractivity contribution in [3.05, 3.63) is 129 Å². The highest BCUT2D eigenvalue weighted by atomic mass is 79.9. The average molecular weight is 711 g/mol. The molecule has 1 N–H and O–H groups in total. The van der Waals surface area contributed by atoms with Gasteiger partial charge in [0.25, 0.3) is 10.0 Å². The summed E-state index contributed by atoms with van der Waals surface area (Å²) in [6, 6.07) is 28.8. The number of halogens is 2. The van der Waals surface area contributed by atoms with Crippen molar-refractivity contribution in [2.24, 2.45) is 0 Å². The van der Waals surface area contributed by atoms with Crippen LogP contribution >= 0.6 is 27.5 Å². The van der Waals surface area contributed by atoms with Gasteiger partial charge in [0, 0.05) is 28.0 Å². The maximum Gasteiger partial charge on any atom is 0.264 e. The molecule has 0 unspecified atom stereocenters. The summed E-state index contributed by atoms with van der Waals surface area (Å²) in [5.74, 6) is -0.867. The zero-order valence-electron chi connectivity index (χ0n) is 25.7. The summed E-state index contributed by atoms with van der Waals surface area (Å²) in [6.07, 6.45) is 0.233. The first-order chi connectivity index (χ1) is 21.2. The first kappa shape index (κ1) is 34.2. The van der Waals surface area contributed by atoms with Crippen LogP contribution in [0.2, 0.25) is 5.02 Å². The van der Waals surface area contributed by atoms with E-state index in [0.29, 0.717) is 16.3 Å². The van der Waals surface area contributed by atoms with Crippen LogP contribution in [0.4, 0.5) is 5.69 Å². The van der Waals surface area contributed by atoms with Gasteiger partial charge in [-0.05, 0) is 86.8 Å². The lowest BCUT2D eigenvalue weighted by atomic mass is 10.0. The molecular formula is C35H37BrClN3O4S. The number of hydrogen-bond acceptors (Lipinski definition) is 4. The minimum Gasteiger partial charge on any atom is -0.350 e. The lowest BCUT2D eigenvalue weighted by Gasteiger charge is -2.35. The van der Waals surface area contributed by atoms with Crippen LogP contribution in [0.15, 0.2) is 112 Å². The molecule has 0 fully saturated rings. The van der Waals surface area contributed by atoms with Gasteiger partial charge >= 0.3 is 0 Å². The van der Waals surface area contributed by atoms with Gasteiger partial charge in [0.05, 0.1) is 10.6 Å². The van der Waals surface area contributed by atoms with Crippen molar-refractivity contribution in [2.45, 2.75) is 57.1 Å². The van der Waals surface area contributed by atoms with Crippen molar-refractivity contribution in [3.63, 3.8) is 0 Å². The van der Waals surface area contributed by atoms with Gasteiger partial charge in [0.2, 0.25) is 11.8 Å². The van der Waals surface area contributed by atoms with Crippen molar-refractivity contribution in [3.8, 4) is 0 Å². The molecule has 0 aliphatic rings. The minimum absolute atomic E-state index is 0.0397. The highest BCUT2D eigenvalue weighted by molar-refractivity contribution is 9.10. The van der Waals surface area contributed by atoms with E-state index in [1.54, 1.807) is 43.3 Å². The van der Waals surface area contributed by atoms with Crippen LogP contribution in [0.5, 0.6) is 0 Å². The Balaban J connectivity index is 1.83. The summed E-state index contributed by atoms with van der Waals surface area (Å²) in [6.45, 7) is 6.92. The monoisotopic (exact) mass is 709 g/mol. The molecule has 0 spiro atoms. The van der Waals surface area contributed by atoms with E-state index in [-0.39, 0.29) is 23.8 Å². The predicted octanol–water partition coefficient (Wildman–Crippen LogP) is 7.16. The maximum atomic E-state index is 14.6. The summed E-state index contributed by atoms with van der Waals surface area (Å²) >= 11 is 9.68. The molecule has 45 heavy (non-hydrogen) atoms. The number of amides is 2. The summed E-state index contributed by atoms with van der Waals surface area (Å²) < 4.78 is 30.3. The molecule has 0 bridgehead atoms. The lowest BCUT2D eigenvalue weighted by molar-refractivity contribution is -0.140. The van der Waals surface area contributed by atoms with Crippen LogP contribution in [-0.4, -0.2) is 43.3 Å². The number of aryl methyl sites for hydroxylation is 1. The van der Waals surface area contributed by atoms with Crippen LogP contribution < -0.4 is 9.62 Å². The molecule has 0 aliphatic carbocycles. The molecule has 4 aromatic carbocycles. The van der Waals surface area contributed by atoms with Crippen LogP contribution in [0.25, 0.3) is 0 Å². The normalized spacial score (nSPS) is 12.3. The number of carbonyl (C=O) groups excluding carboxylic acids is 2. The zero-order valence-corrected chi connectivity index (χ0v) is 28.9. The molecule has 0 aliphatic heterocycles. The number of rotatable bonds is 11. The number of nitrogens with one attached hydrogen (secondary N) is 1. The second-order valence-electron chi connectivity index (χ2n) is 11.8. The van der Waals surface area contributed by atoms with Crippen molar-refractivity contribution in [2.75, 3.05) is 10.8 Å².